The number of Topliss-reactive ketones (excluding diaryl/α,β-unsaturated/α-hetero) is 1. The Balaban J connectivity index is 2.09. The van der Waals surface area contributed by atoms with Gasteiger partial charge in [-0.25, -0.2) is 0 Å². The van der Waals surface area contributed by atoms with Crippen LogP contribution in [0.15, 0.2) is 34.5 Å². The first-order valence-electron chi connectivity index (χ1n) is 10.6. The number of esters is 1. The van der Waals surface area contributed by atoms with Gasteiger partial charge in [0.05, 0.1) is 20.8 Å². The number of alkyl halides is 3. The summed E-state index contributed by atoms with van der Waals surface area (Å²) in [6.07, 6.45) is -3.57. The largest absolute Gasteiger partial charge is 0.496 e. The number of aliphatic imine (C=N–C) groups is 1. The lowest BCUT2D eigenvalue weighted by Gasteiger charge is -2.39. The van der Waals surface area contributed by atoms with Crippen LogP contribution in [0, 0.1) is 11.3 Å². The van der Waals surface area contributed by atoms with Gasteiger partial charge in [0.2, 0.25) is 0 Å². The van der Waals surface area contributed by atoms with Crippen LogP contribution in [0.25, 0.3) is 0 Å². The van der Waals surface area contributed by atoms with Gasteiger partial charge in [-0.1, -0.05) is 19.9 Å². The molecule has 0 spiro atoms. The Kier molecular flexibility index (Phi) is 7.02. The van der Waals surface area contributed by atoms with Crippen molar-refractivity contribution in [3.63, 3.8) is 0 Å². The molecule has 1 aliphatic carbocycles. The molecule has 1 unspecified atom stereocenters. The molecule has 9 heteroatoms. The molecular weight excluding hydrogens is 439 g/mol. The van der Waals surface area contributed by atoms with Gasteiger partial charge in [0.15, 0.2) is 5.78 Å². The van der Waals surface area contributed by atoms with Crippen molar-refractivity contribution in [3.8, 4) is 5.75 Å². The second kappa shape index (κ2) is 9.29. The third kappa shape index (κ3) is 5.46. The van der Waals surface area contributed by atoms with Crippen LogP contribution in [-0.2, 0) is 25.7 Å². The molecule has 1 aliphatic heterocycles. The Morgan fingerprint density at radius 1 is 1.21 bits per heavy atom. The topological polar surface area (TPSA) is 74.2 Å². The molecule has 3 rings (SSSR count). The van der Waals surface area contributed by atoms with E-state index in [1.54, 1.807) is 25.1 Å². The fourth-order valence-electron chi connectivity index (χ4n) is 4.62. The summed E-state index contributed by atoms with van der Waals surface area (Å²) in [5.74, 6) is -1.77. The fourth-order valence-corrected chi connectivity index (χ4v) is 4.62. The molecule has 0 amide bonds. The van der Waals surface area contributed by atoms with Gasteiger partial charge in [-0.15, -0.1) is 0 Å². The van der Waals surface area contributed by atoms with E-state index in [1.807, 2.05) is 13.8 Å². The highest BCUT2D eigenvalue weighted by Crippen LogP contribution is 2.48. The minimum absolute atomic E-state index is 0.0953. The quantitative estimate of drug-likeness (QED) is 0.564. The Hall–Kier alpha value is -2.68. The Labute approximate surface area is 190 Å². The number of hydrogen-bond acceptors (Lipinski definition) is 6. The lowest BCUT2D eigenvalue weighted by molar-refractivity contribution is -0.176. The van der Waals surface area contributed by atoms with Crippen LogP contribution in [0.4, 0.5) is 13.2 Å². The van der Waals surface area contributed by atoms with Crippen molar-refractivity contribution >= 4 is 17.5 Å². The lowest BCUT2D eigenvalue weighted by atomic mass is 9.66. The van der Waals surface area contributed by atoms with Crippen LogP contribution in [0.5, 0.6) is 5.75 Å². The molecule has 6 nitrogen and oxygen atoms in total. The maximum Gasteiger partial charge on any atom is 0.411 e. The van der Waals surface area contributed by atoms with Gasteiger partial charge < -0.3 is 14.2 Å². The minimum atomic E-state index is -4.46. The minimum Gasteiger partial charge on any atom is -0.496 e. The van der Waals surface area contributed by atoms with Crippen molar-refractivity contribution in [2.45, 2.75) is 52.3 Å². The van der Waals surface area contributed by atoms with E-state index in [4.69, 9.17) is 14.2 Å². The zero-order valence-corrected chi connectivity index (χ0v) is 19.3. The standard InChI is InChI=1S/C24H28F3NO5/c1-13-19(22(30)32-5)20(21-16(28-13)9-23(2,3)10-17(21)29)14-6-7-18(31-4)15(8-14)11-33-12-24(25,26)27/h6-8,19-20H,9-12H2,1-5H3/t19?,20-/m0/s1. The van der Waals surface area contributed by atoms with E-state index in [-0.39, 0.29) is 17.8 Å². The van der Waals surface area contributed by atoms with E-state index in [0.29, 0.717) is 46.7 Å². The summed E-state index contributed by atoms with van der Waals surface area (Å²) in [5.41, 5.74) is 2.34. The molecule has 0 saturated carbocycles. The summed E-state index contributed by atoms with van der Waals surface area (Å²) in [7, 11) is 2.68. The number of benzene rings is 1. The SMILES string of the molecule is COC(=O)C1C(C)=NC2=C(C(=O)CC(C)(C)C2)[C@H]1c1ccc(OC)c(COCC(F)(F)F)c1. The zero-order valence-electron chi connectivity index (χ0n) is 19.3. The third-order valence-corrected chi connectivity index (χ3v) is 5.94. The number of carbonyl (C=O) groups is 2. The average molecular weight is 467 g/mol. The Morgan fingerprint density at radius 2 is 1.91 bits per heavy atom. The molecule has 0 fully saturated rings. The predicted octanol–water partition coefficient (Wildman–Crippen LogP) is 4.76. The molecule has 180 valence electrons. The molecule has 1 aromatic carbocycles. The molecule has 1 aromatic rings. The van der Waals surface area contributed by atoms with Gasteiger partial charge in [-0.2, -0.15) is 13.2 Å². The van der Waals surface area contributed by atoms with Crippen LogP contribution in [0.3, 0.4) is 0 Å². The summed E-state index contributed by atoms with van der Waals surface area (Å²) >= 11 is 0. The van der Waals surface area contributed by atoms with E-state index in [1.165, 1.54) is 14.2 Å². The van der Waals surface area contributed by atoms with Crippen LogP contribution >= 0.6 is 0 Å². The van der Waals surface area contributed by atoms with Gasteiger partial charge >= 0.3 is 12.1 Å². The average Bonchev–Trinajstić information content (AvgIpc) is 2.70. The number of rotatable bonds is 6. The number of ketones is 1. The summed E-state index contributed by atoms with van der Waals surface area (Å²) < 4.78 is 52.8. The summed E-state index contributed by atoms with van der Waals surface area (Å²) in [4.78, 5) is 30.6. The first-order valence-corrected chi connectivity index (χ1v) is 10.6. The predicted molar refractivity (Wildman–Crippen MR) is 115 cm³/mol. The highest BCUT2D eigenvalue weighted by molar-refractivity contribution is 6.09. The first-order chi connectivity index (χ1) is 15.4. The maximum absolute atomic E-state index is 13.2. The van der Waals surface area contributed by atoms with Gasteiger partial charge in [-0.05, 0) is 36.5 Å². The molecule has 2 atom stereocenters. The van der Waals surface area contributed by atoms with Crippen LogP contribution in [0.1, 0.15) is 50.7 Å². The number of allylic oxidation sites excluding steroid dienone is 2. The summed E-state index contributed by atoms with van der Waals surface area (Å²) in [6, 6.07) is 4.95. The van der Waals surface area contributed by atoms with Crippen molar-refractivity contribution in [1.82, 2.24) is 0 Å². The molecule has 0 N–H and O–H groups in total. The molecular formula is C24H28F3NO5. The van der Waals surface area contributed by atoms with E-state index in [0.717, 1.165) is 0 Å². The smallest absolute Gasteiger partial charge is 0.411 e. The van der Waals surface area contributed by atoms with Crippen LogP contribution in [0.2, 0.25) is 0 Å². The number of ether oxygens (including phenoxy) is 3. The van der Waals surface area contributed by atoms with Crippen molar-refractivity contribution in [3.05, 3.63) is 40.6 Å². The molecule has 2 aliphatic rings. The van der Waals surface area contributed by atoms with E-state index >= 15 is 0 Å². The normalized spacial score (nSPS) is 22.5. The zero-order chi connectivity index (χ0) is 24.6. The highest BCUT2D eigenvalue weighted by Gasteiger charge is 2.46. The highest BCUT2D eigenvalue weighted by atomic mass is 19.4. The number of carbonyl (C=O) groups excluding carboxylic acids is 2. The van der Waals surface area contributed by atoms with Crippen molar-refractivity contribution in [2.24, 2.45) is 16.3 Å². The van der Waals surface area contributed by atoms with Crippen molar-refractivity contribution in [1.29, 1.82) is 0 Å². The second-order valence-electron chi connectivity index (χ2n) is 9.21. The number of methoxy groups -OCH3 is 2. The van der Waals surface area contributed by atoms with E-state index in [9.17, 15) is 22.8 Å². The fraction of sp³-hybridized carbons (Fsp3) is 0.542. The number of hydrogen-bond donors (Lipinski definition) is 0. The van der Waals surface area contributed by atoms with E-state index in [2.05, 4.69) is 4.99 Å². The van der Waals surface area contributed by atoms with Crippen molar-refractivity contribution in [2.75, 3.05) is 20.8 Å². The first kappa shape index (κ1) is 25.0. The number of halogens is 3. The Morgan fingerprint density at radius 3 is 2.52 bits per heavy atom. The van der Waals surface area contributed by atoms with Gasteiger partial charge in [0.1, 0.15) is 18.3 Å². The molecule has 1 heterocycles. The van der Waals surface area contributed by atoms with Gasteiger partial charge in [0, 0.05) is 34.9 Å². The van der Waals surface area contributed by atoms with Crippen molar-refractivity contribution < 1.29 is 37.0 Å². The molecule has 0 radical (unpaired) electrons. The molecule has 0 aromatic heterocycles. The monoisotopic (exact) mass is 467 g/mol. The van der Waals surface area contributed by atoms with Gasteiger partial charge in [-0.3, -0.25) is 14.6 Å². The molecule has 33 heavy (non-hydrogen) atoms. The third-order valence-electron chi connectivity index (χ3n) is 5.94. The molecule has 0 bridgehead atoms. The maximum atomic E-state index is 13.2. The molecule has 0 saturated heterocycles. The summed E-state index contributed by atoms with van der Waals surface area (Å²) in [6.45, 7) is 3.96. The van der Waals surface area contributed by atoms with Gasteiger partial charge in [0.25, 0.3) is 0 Å². The van der Waals surface area contributed by atoms with E-state index < -0.39 is 30.6 Å². The van der Waals surface area contributed by atoms with Crippen LogP contribution < -0.4 is 4.74 Å². The summed E-state index contributed by atoms with van der Waals surface area (Å²) in [5, 5.41) is 0. The lowest BCUT2D eigenvalue weighted by Crippen LogP contribution is -2.39. The van der Waals surface area contributed by atoms with Crippen LogP contribution in [-0.4, -0.2) is 44.5 Å². The Bertz CT molecular complexity index is 1010. The second-order valence-corrected chi connectivity index (χ2v) is 9.21. The number of nitrogens with zero attached hydrogens (tertiary/aromatic N) is 1.